The molecule has 5 aliphatic heterocycles. The van der Waals surface area contributed by atoms with Gasteiger partial charge in [0.15, 0.2) is 11.6 Å². The summed E-state index contributed by atoms with van der Waals surface area (Å²) in [6.07, 6.45) is 5.01. The number of benzene rings is 3. The van der Waals surface area contributed by atoms with E-state index in [0.29, 0.717) is 22.9 Å². The molecule has 1 unspecified atom stereocenters. The highest BCUT2D eigenvalue weighted by molar-refractivity contribution is 7.90. The summed E-state index contributed by atoms with van der Waals surface area (Å²) in [7, 11) is -4.25. The Morgan fingerprint density at radius 1 is 0.886 bits per heavy atom. The van der Waals surface area contributed by atoms with Gasteiger partial charge in [-0.1, -0.05) is 6.07 Å². The van der Waals surface area contributed by atoms with Crippen molar-refractivity contribution in [3.05, 3.63) is 106 Å². The van der Waals surface area contributed by atoms with Gasteiger partial charge in [-0.2, -0.15) is 18.0 Å². The van der Waals surface area contributed by atoms with Gasteiger partial charge in [-0.15, -0.1) is 0 Å². The van der Waals surface area contributed by atoms with Gasteiger partial charge in [0.05, 0.1) is 39.6 Å². The summed E-state index contributed by atoms with van der Waals surface area (Å²) in [6, 6.07) is 15.6. The first kappa shape index (κ1) is 46.4. The van der Waals surface area contributed by atoms with Gasteiger partial charge in [0.1, 0.15) is 53.6 Å². The molecule has 22 heteroatoms. The summed E-state index contributed by atoms with van der Waals surface area (Å²) in [5, 5.41) is 12.3. The Morgan fingerprint density at radius 2 is 1.69 bits per heavy atom. The molecule has 0 spiro atoms. The fourth-order valence-electron chi connectivity index (χ4n) is 9.82. The molecule has 10 rings (SSSR count). The number of carbonyl (C=O) groups excluding carboxylic acids is 4. The summed E-state index contributed by atoms with van der Waals surface area (Å²) in [6.45, 7) is 3.73. The van der Waals surface area contributed by atoms with Crippen molar-refractivity contribution in [3.63, 3.8) is 0 Å². The van der Waals surface area contributed by atoms with Gasteiger partial charge in [-0.3, -0.25) is 43.5 Å². The van der Waals surface area contributed by atoms with Crippen molar-refractivity contribution in [1.82, 2.24) is 34.0 Å². The number of piperidine rings is 3. The Kier molecular flexibility index (Phi) is 12.5. The Labute approximate surface area is 399 Å². The quantitative estimate of drug-likeness (QED) is 0.165. The Balaban J connectivity index is 0.731. The summed E-state index contributed by atoms with van der Waals surface area (Å²) in [5.74, 6) is -2.24. The highest BCUT2D eigenvalue weighted by atomic mass is 32.2. The number of halogens is 2. The summed E-state index contributed by atoms with van der Waals surface area (Å²) >= 11 is 0. The zero-order chi connectivity index (χ0) is 48.8. The predicted octanol–water partition coefficient (Wildman–Crippen LogP) is 4.45. The van der Waals surface area contributed by atoms with Gasteiger partial charge in [0, 0.05) is 52.2 Å². The SMILES string of the molecule is N#Cc1c(NS(=O)(=O)N2CC[C@@H](F)C2)ccc(F)c1Oc1ccc2ncn(-c3ccc(N4CCC(CN5CCC(Oc6cccc7c6C(=O)N(C6CCC(=O)NC6=O)C7=O)CC5)CC4)nc3)c(=O)c2c1. The monoisotopic (exact) mass is 976 g/mol. The van der Waals surface area contributed by atoms with Crippen molar-refractivity contribution in [3.8, 4) is 29.0 Å². The molecule has 2 aromatic heterocycles. The average Bonchev–Trinajstić information content (AvgIpc) is 3.91. The lowest BCUT2D eigenvalue weighted by Gasteiger charge is -2.38. The molecule has 5 aliphatic rings. The fourth-order valence-corrected chi connectivity index (χ4v) is 11.1. The fraction of sp³-hybridized carbons (Fsp3) is 0.375. The van der Waals surface area contributed by atoms with Crippen LogP contribution in [0.5, 0.6) is 17.2 Å². The second kappa shape index (κ2) is 18.9. The minimum atomic E-state index is -4.25. The number of nitrogens with one attached hydrogen (secondary N) is 2. The van der Waals surface area contributed by atoms with Crippen molar-refractivity contribution >= 4 is 56.2 Å². The van der Waals surface area contributed by atoms with Crippen molar-refractivity contribution in [2.75, 3.05) is 55.4 Å². The minimum absolute atomic E-state index is 0.0122. The van der Waals surface area contributed by atoms with Crippen molar-refractivity contribution in [2.24, 2.45) is 5.92 Å². The minimum Gasteiger partial charge on any atom is -0.489 e. The molecule has 0 radical (unpaired) electrons. The first-order valence-corrected chi connectivity index (χ1v) is 24.5. The van der Waals surface area contributed by atoms with Gasteiger partial charge in [-0.25, -0.2) is 18.7 Å². The molecular formula is C48H46F2N10O9S. The van der Waals surface area contributed by atoms with Crippen LogP contribution in [-0.2, 0) is 19.8 Å². The zero-order valence-electron chi connectivity index (χ0n) is 37.6. The third kappa shape index (κ3) is 9.02. The molecule has 5 aromatic rings. The standard InChI is InChI=1S/C48H46F2N10O9S/c49-29-14-21-58(26-29)70(66,67)55-38-8-6-36(50)44(35(38)23-51)69-32-5-7-37-34(22-32)46(63)59(27-53-37)30-4-10-41(52-24-30)57-19-12-28(13-20-57)25-56-17-15-31(16-18-56)68-40-3-1-2-33-43(40)48(65)60(47(33)64)39-9-11-42(61)54-45(39)62/h1-8,10,22,24,27-29,31,39,55H,9,11-21,25-26H2,(H,54,61,62)/t29-,39?/m1/s1. The molecule has 0 bridgehead atoms. The van der Waals surface area contributed by atoms with Crippen LogP contribution in [-0.4, -0.2) is 125 Å². The van der Waals surface area contributed by atoms with Crippen LogP contribution in [0.1, 0.15) is 71.2 Å². The number of amides is 4. The lowest BCUT2D eigenvalue weighted by atomic mass is 9.95. The van der Waals surface area contributed by atoms with E-state index in [1.807, 2.05) is 6.07 Å². The molecule has 0 aliphatic carbocycles. The predicted molar refractivity (Wildman–Crippen MR) is 248 cm³/mol. The van der Waals surface area contributed by atoms with E-state index in [2.05, 4.69) is 29.8 Å². The third-order valence-corrected chi connectivity index (χ3v) is 15.1. The van der Waals surface area contributed by atoms with E-state index in [-0.39, 0.29) is 66.4 Å². The van der Waals surface area contributed by atoms with Crippen LogP contribution in [0.25, 0.3) is 16.6 Å². The van der Waals surface area contributed by atoms with Gasteiger partial charge in [0.25, 0.3) is 17.4 Å². The van der Waals surface area contributed by atoms with E-state index < -0.39 is 68.7 Å². The first-order valence-electron chi connectivity index (χ1n) is 23.0. The van der Waals surface area contributed by atoms with E-state index in [0.717, 1.165) is 85.6 Å². The summed E-state index contributed by atoms with van der Waals surface area (Å²) < 4.78 is 71.4. The number of fused-ring (bicyclic) bond motifs is 2. The molecule has 2 atom stereocenters. The molecule has 70 heavy (non-hydrogen) atoms. The van der Waals surface area contributed by atoms with E-state index in [1.54, 1.807) is 36.5 Å². The number of ether oxygens (including phenoxy) is 2. The molecule has 3 aromatic carbocycles. The Bertz CT molecular complexity index is 3150. The smallest absolute Gasteiger partial charge is 0.301 e. The maximum absolute atomic E-state index is 15.2. The lowest BCUT2D eigenvalue weighted by Crippen LogP contribution is -2.54. The molecule has 4 saturated heterocycles. The van der Waals surface area contributed by atoms with E-state index >= 15 is 4.39 Å². The summed E-state index contributed by atoms with van der Waals surface area (Å²) in [4.78, 5) is 79.6. The lowest BCUT2D eigenvalue weighted by molar-refractivity contribution is -0.136. The van der Waals surface area contributed by atoms with Crippen LogP contribution in [0.2, 0.25) is 0 Å². The number of imide groups is 2. The van der Waals surface area contributed by atoms with Crippen LogP contribution in [0.15, 0.2) is 78.0 Å². The van der Waals surface area contributed by atoms with Gasteiger partial charge in [0.2, 0.25) is 11.8 Å². The molecule has 4 fully saturated rings. The molecule has 362 valence electrons. The number of nitrogens with zero attached hydrogens (tertiary/aromatic N) is 8. The summed E-state index contributed by atoms with van der Waals surface area (Å²) in [5.41, 5.74) is -0.0445. The zero-order valence-corrected chi connectivity index (χ0v) is 38.4. The van der Waals surface area contributed by atoms with Gasteiger partial charge >= 0.3 is 10.2 Å². The number of hydrogen-bond donors (Lipinski definition) is 2. The number of hydrogen-bond acceptors (Lipinski definition) is 14. The number of pyridine rings is 1. The highest BCUT2D eigenvalue weighted by Gasteiger charge is 2.46. The number of nitriles is 1. The number of carbonyl (C=O) groups is 4. The van der Waals surface area contributed by atoms with Crippen molar-refractivity contribution in [2.45, 2.75) is 63.3 Å². The Morgan fingerprint density at radius 3 is 2.40 bits per heavy atom. The normalized spacial score (nSPS) is 20.7. The van der Waals surface area contributed by atoms with E-state index in [9.17, 15) is 42.0 Å². The number of rotatable bonds is 12. The van der Waals surface area contributed by atoms with Crippen LogP contribution in [0.3, 0.4) is 0 Å². The molecule has 7 heterocycles. The number of aromatic nitrogens is 3. The van der Waals surface area contributed by atoms with Gasteiger partial charge < -0.3 is 19.3 Å². The van der Waals surface area contributed by atoms with E-state index in [4.69, 9.17) is 9.47 Å². The third-order valence-electron chi connectivity index (χ3n) is 13.6. The molecule has 0 saturated carbocycles. The molecule has 19 nitrogen and oxygen atoms in total. The van der Waals surface area contributed by atoms with Crippen LogP contribution in [0, 0.1) is 23.1 Å². The highest BCUT2D eigenvalue weighted by Crippen LogP contribution is 2.37. The average molecular weight is 977 g/mol. The Hall–Kier alpha value is -7.35. The molecular weight excluding hydrogens is 931 g/mol. The second-order valence-electron chi connectivity index (χ2n) is 18.0. The number of alkyl halides is 1. The van der Waals surface area contributed by atoms with Crippen LogP contribution in [0.4, 0.5) is 20.3 Å². The van der Waals surface area contributed by atoms with Crippen molar-refractivity contribution in [1.29, 1.82) is 5.26 Å². The van der Waals surface area contributed by atoms with Crippen LogP contribution >= 0.6 is 0 Å². The van der Waals surface area contributed by atoms with Gasteiger partial charge in [-0.05, 0) is 99.0 Å². The number of anilines is 2. The molecule has 4 amide bonds. The first-order chi connectivity index (χ1) is 33.7. The van der Waals surface area contributed by atoms with Crippen molar-refractivity contribution < 1.29 is 45.9 Å². The maximum atomic E-state index is 15.2. The maximum Gasteiger partial charge on any atom is 0.301 e. The topological polar surface area (TPSA) is 229 Å². The largest absolute Gasteiger partial charge is 0.489 e. The van der Waals surface area contributed by atoms with E-state index in [1.165, 1.54) is 29.1 Å². The number of likely N-dealkylation sites (tertiary alicyclic amines) is 1. The molecule has 2 N–H and O–H groups in total. The second-order valence-corrected chi connectivity index (χ2v) is 19.7. The van der Waals surface area contributed by atoms with Crippen LogP contribution < -0.4 is 30.0 Å².